The van der Waals surface area contributed by atoms with Gasteiger partial charge in [-0.25, -0.2) is 4.98 Å². The van der Waals surface area contributed by atoms with Crippen LogP contribution in [0.4, 0.5) is 0 Å². The van der Waals surface area contributed by atoms with Crippen LogP contribution in [0.5, 0.6) is 0 Å². The number of nitrogens with one attached hydrogen (secondary N) is 1. The Hall–Kier alpha value is -2.11. The fourth-order valence-electron chi connectivity index (χ4n) is 1.56. The second-order valence-electron chi connectivity index (χ2n) is 3.89. The molecule has 0 atom stereocenters. The van der Waals surface area contributed by atoms with Crippen molar-refractivity contribution in [2.24, 2.45) is 0 Å². The van der Waals surface area contributed by atoms with E-state index in [-0.39, 0.29) is 5.91 Å². The van der Waals surface area contributed by atoms with Crippen LogP contribution in [-0.4, -0.2) is 33.0 Å². The molecule has 0 unspecified atom stereocenters. The van der Waals surface area contributed by atoms with Crippen molar-refractivity contribution in [1.29, 1.82) is 0 Å². The van der Waals surface area contributed by atoms with Gasteiger partial charge in [0.1, 0.15) is 11.6 Å². The molecular weight excluding hydrogens is 220 g/mol. The van der Waals surface area contributed by atoms with Crippen molar-refractivity contribution in [2.75, 3.05) is 7.05 Å². The van der Waals surface area contributed by atoms with Gasteiger partial charge in [0, 0.05) is 7.05 Å². The molecule has 0 bridgehead atoms. The van der Waals surface area contributed by atoms with Gasteiger partial charge in [0.05, 0.1) is 18.4 Å². The summed E-state index contributed by atoms with van der Waals surface area (Å²) in [6.45, 7) is 3.95. The lowest BCUT2D eigenvalue weighted by Gasteiger charge is -2.14. The van der Waals surface area contributed by atoms with Crippen LogP contribution >= 0.6 is 0 Å². The van der Waals surface area contributed by atoms with Gasteiger partial charge < -0.3 is 9.32 Å². The number of rotatable bonds is 3. The van der Waals surface area contributed by atoms with Crippen LogP contribution in [0, 0.1) is 13.8 Å². The molecule has 0 radical (unpaired) electrons. The van der Waals surface area contributed by atoms with E-state index < -0.39 is 0 Å². The summed E-state index contributed by atoms with van der Waals surface area (Å²) in [5.74, 6) is 1.85. The first-order valence-electron chi connectivity index (χ1n) is 5.25. The Morgan fingerprint density at radius 2 is 2.29 bits per heavy atom. The van der Waals surface area contributed by atoms with Gasteiger partial charge in [-0.15, -0.1) is 0 Å². The maximum absolute atomic E-state index is 12.0. The van der Waals surface area contributed by atoms with Crippen molar-refractivity contribution in [3.05, 3.63) is 35.3 Å². The second-order valence-corrected chi connectivity index (χ2v) is 3.89. The summed E-state index contributed by atoms with van der Waals surface area (Å²) in [6, 6.07) is 1.66. The van der Waals surface area contributed by atoms with Crippen molar-refractivity contribution in [3.8, 4) is 0 Å². The maximum Gasteiger partial charge on any atom is 0.257 e. The number of hydrogen-bond donors (Lipinski definition) is 1. The molecule has 0 aliphatic rings. The molecule has 2 rings (SSSR count). The molecule has 17 heavy (non-hydrogen) atoms. The lowest BCUT2D eigenvalue weighted by atomic mass is 10.2. The number of carbonyl (C=O) groups is 1. The number of H-pyrrole nitrogens is 1. The number of aromatic nitrogens is 3. The molecule has 2 heterocycles. The smallest absolute Gasteiger partial charge is 0.257 e. The topological polar surface area (TPSA) is 75.0 Å². The predicted molar refractivity (Wildman–Crippen MR) is 60.4 cm³/mol. The summed E-state index contributed by atoms with van der Waals surface area (Å²) in [4.78, 5) is 17.7. The Bertz CT molecular complexity index is 529. The van der Waals surface area contributed by atoms with Gasteiger partial charge in [0.15, 0.2) is 5.82 Å². The third-order valence-electron chi connectivity index (χ3n) is 2.46. The first-order valence-corrected chi connectivity index (χ1v) is 5.25. The van der Waals surface area contributed by atoms with Crippen LogP contribution < -0.4 is 0 Å². The van der Waals surface area contributed by atoms with E-state index in [9.17, 15) is 4.79 Å². The molecule has 90 valence electrons. The van der Waals surface area contributed by atoms with Crippen molar-refractivity contribution < 1.29 is 9.21 Å². The Kier molecular flexibility index (Phi) is 2.95. The molecule has 0 aliphatic heterocycles. The highest BCUT2D eigenvalue weighted by molar-refractivity contribution is 5.94. The molecular formula is C11H14N4O2. The summed E-state index contributed by atoms with van der Waals surface area (Å²) in [7, 11) is 1.71. The van der Waals surface area contributed by atoms with Gasteiger partial charge >= 0.3 is 0 Å². The summed E-state index contributed by atoms with van der Waals surface area (Å²) in [6.07, 6.45) is 1.51. The quantitative estimate of drug-likeness (QED) is 0.868. The van der Waals surface area contributed by atoms with E-state index >= 15 is 0 Å². The standard InChI is InChI=1S/C11H14N4O2/c1-7-9(4-5-17-7)11(16)15(3)6-10-12-8(2)13-14-10/h4-5H,6H2,1-3H3,(H,12,13,14). The summed E-state index contributed by atoms with van der Waals surface area (Å²) in [5, 5.41) is 6.73. The van der Waals surface area contributed by atoms with Crippen LogP contribution in [0.15, 0.2) is 16.7 Å². The molecule has 1 amide bonds. The van der Waals surface area contributed by atoms with Crippen LogP contribution in [0.25, 0.3) is 0 Å². The molecule has 0 aliphatic carbocycles. The number of nitrogens with zero attached hydrogens (tertiary/aromatic N) is 3. The Morgan fingerprint density at radius 1 is 1.53 bits per heavy atom. The monoisotopic (exact) mass is 234 g/mol. The molecule has 0 fully saturated rings. The van der Waals surface area contributed by atoms with Crippen molar-refractivity contribution in [2.45, 2.75) is 20.4 Å². The average Bonchev–Trinajstić information content (AvgIpc) is 2.86. The number of furan rings is 1. The first-order chi connectivity index (χ1) is 8.08. The number of aryl methyl sites for hydroxylation is 2. The van der Waals surface area contributed by atoms with E-state index in [1.807, 2.05) is 6.92 Å². The molecule has 2 aromatic heterocycles. The minimum absolute atomic E-state index is 0.0984. The average molecular weight is 234 g/mol. The zero-order chi connectivity index (χ0) is 12.4. The number of carbonyl (C=O) groups excluding carboxylic acids is 1. The van der Waals surface area contributed by atoms with Crippen LogP contribution in [0.2, 0.25) is 0 Å². The van der Waals surface area contributed by atoms with E-state index in [1.54, 1.807) is 24.9 Å². The SMILES string of the molecule is Cc1nc(CN(C)C(=O)c2ccoc2C)n[nH]1. The summed E-state index contributed by atoms with van der Waals surface area (Å²) in [5.41, 5.74) is 0.569. The highest BCUT2D eigenvalue weighted by atomic mass is 16.3. The lowest BCUT2D eigenvalue weighted by molar-refractivity contribution is 0.0780. The molecule has 0 spiro atoms. The fourth-order valence-corrected chi connectivity index (χ4v) is 1.56. The van der Waals surface area contributed by atoms with Crippen molar-refractivity contribution in [1.82, 2.24) is 20.1 Å². The number of amides is 1. The summed E-state index contributed by atoms with van der Waals surface area (Å²) >= 11 is 0. The van der Waals surface area contributed by atoms with Gasteiger partial charge in [-0.05, 0) is 19.9 Å². The van der Waals surface area contributed by atoms with E-state index in [4.69, 9.17) is 4.42 Å². The fraction of sp³-hybridized carbons (Fsp3) is 0.364. The Morgan fingerprint density at radius 3 is 2.82 bits per heavy atom. The first kappa shape index (κ1) is 11.4. The van der Waals surface area contributed by atoms with Crippen molar-refractivity contribution >= 4 is 5.91 Å². The van der Waals surface area contributed by atoms with Crippen LogP contribution in [-0.2, 0) is 6.54 Å². The van der Waals surface area contributed by atoms with Gasteiger partial charge in [-0.3, -0.25) is 9.89 Å². The second kappa shape index (κ2) is 4.40. The van der Waals surface area contributed by atoms with Crippen LogP contribution in [0.1, 0.15) is 27.8 Å². The minimum atomic E-state index is -0.0984. The van der Waals surface area contributed by atoms with E-state index in [1.165, 1.54) is 6.26 Å². The molecule has 0 saturated heterocycles. The number of aromatic amines is 1. The zero-order valence-corrected chi connectivity index (χ0v) is 10.0. The molecule has 6 heteroatoms. The summed E-state index contributed by atoms with van der Waals surface area (Å²) < 4.78 is 5.11. The van der Waals surface area contributed by atoms with Gasteiger partial charge in [-0.1, -0.05) is 0 Å². The zero-order valence-electron chi connectivity index (χ0n) is 10.0. The third-order valence-corrected chi connectivity index (χ3v) is 2.46. The Labute approximate surface area is 98.6 Å². The molecule has 0 aromatic carbocycles. The van der Waals surface area contributed by atoms with Gasteiger partial charge in [-0.2, -0.15) is 5.10 Å². The minimum Gasteiger partial charge on any atom is -0.469 e. The van der Waals surface area contributed by atoms with Crippen molar-refractivity contribution in [3.63, 3.8) is 0 Å². The predicted octanol–water partition coefficient (Wildman–Crippen LogP) is 1.29. The maximum atomic E-state index is 12.0. The Balaban J connectivity index is 2.08. The van der Waals surface area contributed by atoms with E-state index in [0.717, 1.165) is 5.82 Å². The molecule has 2 aromatic rings. The largest absolute Gasteiger partial charge is 0.469 e. The van der Waals surface area contributed by atoms with Gasteiger partial charge in [0.2, 0.25) is 0 Å². The van der Waals surface area contributed by atoms with E-state index in [0.29, 0.717) is 23.7 Å². The molecule has 6 nitrogen and oxygen atoms in total. The normalized spacial score (nSPS) is 10.5. The van der Waals surface area contributed by atoms with E-state index in [2.05, 4.69) is 15.2 Å². The lowest BCUT2D eigenvalue weighted by Crippen LogP contribution is -2.26. The van der Waals surface area contributed by atoms with Gasteiger partial charge in [0.25, 0.3) is 5.91 Å². The third kappa shape index (κ3) is 2.35. The molecule has 1 N–H and O–H groups in total. The van der Waals surface area contributed by atoms with Crippen LogP contribution in [0.3, 0.4) is 0 Å². The highest BCUT2D eigenvalue weighted by Crippen LogP contribution is 2.12. The highest BCUT2D eigenvalue weighted by Gasteiger charge is 2.17. The molecule has 0 saturated carbocycles. The number of hydrogen-bond acceptors (Lipinski definition) is 4.